The summed E-state index contributed by atoms with van der Waals surface area (Å²) < 4.78 is 0. The van der Waals surface area contributed by atoms with Crippen molar-refractivity contribution >= 4 is 31.1 Å². The maximum atomic E-state index is 2.28. The summed E-state index contributed by atoms with van der Waals surface area (Å²) in [5.74, 6) is 0. The Morgan fingerprint density at radius 2 is 0.881 bits per heavy atom. The molecule has 0 amide bonds. The third-order valence-corrected chi connectivity index (χ3v) is 7.14. The van der Waals surface area contributed by atoms with Crippen molar-refractivity contribution in [3.8, 4) is 22.3 Å². The van der Waals surface area contributed by atoms with Gasteiger partial charge in [-0.25, -0.2) is 0 Å². The van der Waals surface area contributed by atoms with Gasteiger partial charge in [-0.15, -0.1) is 69.1 Å². The molecule has 0 aromatic heterocycles. The van der Waals surface area contributed by atoms with Gasteiger partial charge in [-0.1, -0.05) is 113 Å². The first-order valence-electron chi connectivity index (χ1n) is 14.1. The number of hydrogen-bond donors (Lipinski definition) is 0. The molecule has 0 aliphatic carbocycles. The van der Waals surface area contributed by atoms with Gasteiger partial charge in [0.05, 0.1) is 0 Å². The molecule has 0 heterocycles. The maximum absolute atomic E-state index is 2.28. The molecule has 6 aromatic carbocycles. The van der Waals surface area contributed by atoms with Gasteiger partial charge in [-0.2, -0.15) is 12.1 Å². The van der Waals surface area contributed by atoms with E-state index >= 15 is 0 Å². The summed E-state index contributed by atoms with van der Waals surface area (Å²) in [6.07, 6.45) is 2.19. The third kappa shape index (κ3) is 9.10. The molecule has 2 radical (unpaired) electrons. The fraction of sp³-hybridized carbons (Fsp3) is 0.200. The number of aryl methyl sites for hydroxylation is 4. The Bertz CT molecular complexity index is 1490. The Morgan fingerprint density at radius 1 is 0.548 bits per heavy atom. The van der Waals surface area contributed by atoms with E-state index in [9.17, 15) is 0 Å². The van der Waals surface area contributed by atoms with Crippen LogP contribution in [0.25, 0.3) is 43.8 Å². The Balaban J connectivity index is 0.000000361. The van der Waals surface area contributed by atoms with Crippen molar-refractivity contribution in [3.05, 3.63) is 146 Å². The molecule has 0 aliphatic rings. The second-order valence-corrected chi connectivity index (χ2v) is 11.3. The fourth-order valence-corrected chi connectivity index (χ4v) is 5.11. The molecule has 0 unspecified atom stereocenters. The Kier molecular flexibility index (Phi) is 15.9. The van der Waals surface area contributed by atoms with E-state index in [4.69, 9.17) is 0 Å². The summed E-state index contributed by atoms with van der Waals surface area (Å²) in [7, 11) is 1.08. The Labute approximate surface area is 277 Å². The van der Waals surface area contributed by atoms with Crippen LogP contribution in [0.5, 0.6) is 0 Å². The summed E-state index contributed by atoms with van der Waals surface area (Å²) in [6, 6.07) is 40.0. The predicted octanol–water partition coefficient (Wildman–Crippen LogP) is 11.9. The first-order valence-corrected chi connectivity index (χ1v) is 16.1. The van der Waals surface area contributed by atoms with Crippen LogP contribution in [0.15, 0.2) is 109 Å². The van der Waals surface area contributed by atoms with Gasteiger partial charge in [-0.3, -0.25) is 0 Å². The minimum atomic E-state index is 0. The van der Waals surface area contributed by atoms with Crippen LogP contribution in [0.3, 0.4) is 0 Å². The van der Waals surface area contributed by atoms with Crippen LogP contribution in [-0.4, -0.2) is 9.52 Å². The van der Waals surface area contributed by atoms with Gasteiger partial charge in [0.1, 0.15) is 0 Å². The molecule has 6 aromatic rings. The Morgan fingerprint density at radius 3 is 1.19 bits per heavy atom. The zero-order valence-corrected chi connectivity index (χ0v) is 30.3. The third-order valence-electron chi connectivity index (χ3n) is 7.14. The zero-order valence-electron chi connectivity index (χ0n) is 26.8. The van der Waals surface area contributed by atoms with Gasteiger partial charge in [-0.05, 0) is 35.1 Å². The van der Waals surface area contributed by atoms with E-state index in [0.717, 1.165) is 22.4 Å². The zero-order chi connectivity index (χ0) is 27.8. The van der Waals surface area contributed by atoms with Crippen molar-refractivity contribution in [1.29, 1.82) is 0 Å². The van der Waals surface area contributed by atoms with Crippen LogP contribution in [0.4, 0.5) is 0 Å². The molecule has 0 fully saturated rings. The van der Waals surface area contributed by atoms with Gasteiger partial charge in [0.25, 0.3) is 0 Å². The van der Waals surface area contributed by atoms with Crippen LogP contribution in [0.1, 0.15) is 36.1 Å². The van der Waals surface area contributed by atoms with Crippen LogP contribution in [0.2, 0.25) is 13.1 Å². The first-order chi connectivity index (χ1) is 19.0. The number of fused-ring (bicyclic) bond motifs is 2. The summed E-state index contributed by atoms with van der Waals surface area (Å²) in [6.45, 7) is 13.0. The van der Waals surface area contributed by atoms with E-state index in [-0.39, 0.29) is 41.1 Å². The molecular weight excluding hydrogens is 600 g/mol. The van der Waals surface area contributed by atoms with Crippen molar-refractivity contribution in [1.82, 2.24) is 0 Å². The number of hydrogen-bond acceptors (Lipinski definition) is 0. The smallest absolute Gasteiger partial charge is 0.358 e. The normalized spacial score (nSPS) is 9.86. The quantitative estimate of drug-likeness (QED) is 0.132. The van der Waals surface area contributed by atoms with E-state index in [0.29, 0.717) is 0 Å². The minimum Gasteiger partial charge on any atom is -0.358 e. The molecule has 6 rings (SSSR count). The summed E-state index contributed by atoms with van der Waals surface area (Å²) in [4.78, 5) is 0. The van der Waals surface area contributed by atoms with Crippen LogP contribution in [0, 0.1) is 28.7 Å². The molecule has 0 bridgehead atoms. The van der Waals surface area contributed by atoms with E-state index in [1.807, 2.05) is 0 Å². The average Bonchev–Trinajstić information content (AvgIpc) is 3.54. The van der Waals surface area contributed by atoms with Crippen molar-refractivity contribution < 1.29 is 26.2 Å². The molecular formula is C40H46SiZr. The van der Waals surface area contributed by atoms with Crippen molar-refractivity contribution in [3.63, 3.8) is 0 Å². The number of rotatable bonds is 4. The molecule has 0 saturated carbocycles. The summed E-state index contributed by atoms with van der Waals surface area (Å²) >= 11 is 0. The molecule has 0 atom stereocenters. The second kappa shape index (κ2) is 18.0. The van der Waals surface area contributed by atoms with E-state index in [1.165, 1.54) is 66.1 Å². The standard InChI is InChI=1S/2C18H17.C2H6Si.2CH3.Zr/c2*1-3-14-7-9-15(10-8-14)17-6-4-5-16-11-13(2)12-18(16)17;1-3-2;;;/h2*4-12H,3H2,1-2H3;1-2H3;2*1H3;/q2*-1;;2*-1;+4. The molecule has 214 valence electrons. The molecule has 42 heavy (non-hydrogen) atoms. The van der Waals surface area contributed by atoms with Crippen molar-refractivity contribution in [2.24, 2.45) is 0 Å². The SMILES string of the molecule is CCc1ccc(-c2cccc3[cH-]c(C)cc23)cc1.CCc1ccc(-c2cccc3[cH-]c(C)cc23)cc1.C[Si]C.[CH3-].[CH3-].[Zr+4]. The molecule has 2 heteroatoms. The molecule has 0 nitrogen and oxygen atoms in total. The maximum Gasteiger partial charge on any atom is 4.00 e. The van der Waals surface area contributed by atoms with Crippen LogP contribution in [-0.2, 0) is 39.0 Å². The topological polar surface area (TPSA) is 0 Å². The largest absolute Gasteiger partial charge is 4.00 e. The van der Waals surface area contributed by atoms with E-state index < -0.39 is 0 Å². The number of benzene rings is 4. The van der Waals surface area contributed by atoms with Crippen molar-refractivity contribution in [2.45, 2.75) is 53.6 Å². The molecule has 0 spiro atoms. The van der Waals surface area contributed by atoms with E-state index in [1.54, 1.807) is 0 Å². The van der Waals surface area contributed by atoms with Gasteiger partial charge in [0.2, 0.25) is 0 Å². The van der Waals surface area contributed by atoms with Crippen LogP contribution < -0.4 is 0 Å². The van der Waals surface area contributed by atoms with Gasteiger partial charge in [0, 0.05) is 9.52 Å². The first kappa shape index (κ1) is 37.2. The Hall–Kier alpha value is -2.80. The predicted molar refractivity (Wildman–Crippen MR) is 188 cm³/mol. The van der Waals surface area contributed by atoms with Crippen molar-refractivity contribution in [2.75, 3.05) is 0 Å². The second-order valence-electron chi connectivity index (χ2n) is 10.3. The molecule has 0 N–H and O–H groups in total. The summed E-state index contributed by atoms with van der Waals surface area (Å²) in [5.41, 5.74) is 10.7. The van der Waals surface area contributed by atoms with E-state index in [2.05, 4.69) is 150 Å². The summed E-state index contributed by atoms with van der Waals surface area (Å²) in [5, 5.41) is 5.40. The van der Waals surface area contributed by atoms with Gasteiger partial charge in [0.15, 0.2) is 0 Å². The van der Waals surface area contributed by atoms with Gasteiger partial charge >= 0.3 is 26.2 Å². The monoisotopic (exact) mass is 644 g/mol. The molecule has 0 saturated heterocycles. The van der Waals surface area contributed by atoms with Gasteiger partial charge < -0.3 is 14.9 Å². The fourth-order valence-electron chi connectivity index (χ4n) is 5.11. The average molecular weight is 646 g/mol. The molecule has 0 aliphatic heterocycles. The van der Waals surface area contributed by atoms with Crippen LogP contribution >= 0.6 is 0 Å². The minimum absolute atomic E-state index is 0.